The average Bonchev–Trinajstić information content (AvgIpc) is 3.16. The molecule has 7 heteroatoms. The van der Waals surface area contributed by atoms with Crippen molar-refractivity contribution in [2.75, 3.05) is 5.32 Å². The van der Waals surface area contributed by atoms with Crippen molar-refractivity contribution < 1.29 is 14.7 Å². The first-order valence-electron chi connectivity index (χ1n) is 10.2. The number of aliphatic hydroxyl groups is 1. The fourth-order valence-corrected chi connectivity index (χ4v) is 5.12. The van der Waals surface area contributed by atoms with Crippen molar-refractivity contribution in [3.8, 4) is 0 Å². The number of rotatable bonds is 5. The number of hydrogen-bond acceptors (Lipinski definition) is 6. The first-order chi connectivity index (χ1) is 14.3. The Hall–Kier alpha value is -2.64. The maximum absolute atomic E-state index is 12.6. The molecule has 0 radical (unpaired) electrons. The maximum atomic E-state index is 12.6. The fourth-order valence-electron chi connectivity index (χ4n) is 3.96. The molecule has 4 rings (SSSR count). The van der Waals surface area contributed by atoms with E-state index in [1.165, 1.54) is 0 Å². The van der Waals surface area contributed by atoms with Gasteiger partial charge in [-0.3, -0.25) is 9.78 Å². The number of hydrogen-bond donors (Lipinski definition) is 2. The highest BCUT2D eigenvalue weighted by Gasteiger charge is 2.27. The standard InChI is InChI=1S/C23H25N3O3S/c1-23(2,29)16-11-19-20(12-18(16)25-21(28)17-5-3-4-10-24-17)30-22(26-19)15-8-6-14(13-27)7-9-15/h3-5,10-15,29H,6-9H2,1-2H3,(H,25,28). The summed E-state index contributed by atoms with van der Waals surface area (Å²) in [5.41, 5.74) is 1.16. The largest absolute Gasteiger partial charge is 0.386 e. The van der Waals surface area contributed by atoms with Gasteiger partial charge in [0, 0.05) is 29.3 Å². The number of thiazole rings is 1. The van der Waals surface area contributed by atoms with Crippen molar-refractivity contribution in [3.05, 3.63) is 52.8 Å². The number of nitrogens with zero attached hydrogens (tertiary/aromatic N) is 2. The zero-order valence-electron chi connectivity index (χ0n) is 17.1. The number of fused-ring (bicyclic) bond motifs is 1. The molecule has 0 spiro atoms. The molecule has 1 amide bonds. The Morgan fingerprint density at radius 1 is 1.23 bits per heavy atom. The lowest BCUT2D eigenvalue weighted by atomic mass is 9.83. The Morgan fingerprint density at radius 2 is 2.00 bits per heavy atom. The van der Waals surface area contributed by atoms with Gasteiger partial charge in [0.05, 0.1) is 20.8 Å². The molecule has 2 N–H and O–H groups in total. The van der Waals surface area contributed by atoms with E-state index in [9.17, 15) is 14.7 Å². The molecule has 30 heavy (non-hydrogen) atoms. The van der Waals surface area contributed by atoms with E-state index < -0.39 is 5.60 Å². The molecular weight excluding hydrogens is 398 g/mol. The topological polar surface area (TPSA) is 92.2 Å². The van der Waals surface area contributed by atoms with Gasteiger partial charge in [0.2, 0.25) is 0 Å². The third-order valence-electron chi connectivity index (χ3n) is 5.66. The van der Waals surface area contributed by atoms with Crippen LogP contribution in [0.5, 0.6) is 0 Å². The van der Waals surface area contributed by atoms with Crippen molar-refractivity contribution in [1.29, 1.82) is 0 Å². The van der Waals surface area contributed by atoms with Crippen molar-refractivity contribution in [3.63, 3.8) is 0 Å². The predicted molar refractivity (Wildman–Crippen MR) is 118 cm³/mol. The number of anilines is 1. The normalized spacial score (nSPS) is 19.6. The summed E-state index contributed by atoms with van der Waals surface area (Å²) in [5, 5.41) is 14.7. The number of aldehydes is 1. The summed E-state index contributed by atoms with van der Waals surface area (Å²) < 4.78 is 0.965. The molecule has 0 bridgehead atoms. The van der Waals surface area contributed by atoms with Crippen LogP contribution in [0.1, 0.15) is 66.5 Å². The van der Waals surface area contributed by atoms with Gasteiger partial charge in [0.15, 0.2) is 0 Å². The van der Waals surface area contributed by atoms with Crippen LogP contribution in [-0.4, -0.2) is 27.3 Å². The van der Waals surface area contributed by atoms with E-state index in [0.717, 1.165) is 47.2 Å². The van der Waals surface area contributed by atoms with Crippen LogP contribution in [0.4, 0.5) is 5.69 Å². The van der Waals surface area contributed by atoms with Crippen LogP contribution in [0, 0.1) is 5.92 Å². The Balaban J connectivity index is 1.67. The number of carbonyl (C=O) groups excluding carboxylic acids is 2. The van der Waals surface area contributed by atoms with E-state index in [0.29, 0.717) is 22.9 Å². The molecule has 1 aliphatic carbocycles. The first kappa shape index (κ1) is 20.6. The molecule has 1 aromatic carbocycles. The quantitative estimate of drug-likeness (QED) is 0.583. The third kappa shape index (κ3) is 4.27. The number of pyridine rings is 1. The maximum Gasteiger partial charge on any atom is 0.274 e. The van der Waals surface area contributed by atoms with Crippen LogP contribution in [0.25, 0.3) is 10.2 Å². The van der Waals surface area contributed by atoms with Gasteiger partial charge in [0.25, 0.3) is 5.91 Å². The highest BCUT2D eigenvalue weighted by molar-refractivity contribution is 7.18. The van der Waals surface area contributed by atoms with Gasteiger partial charge < -0.3 is 15.2 Å². The number of benzene rings is 1. The van der Waals surface area contributed by atoms with Crippen LogP contribution in [-0.2, 0) is 10.4 Å². The van der Waals surface area contributed by atoms with Crippen molar-refractivity contribution in [2.24, 2.45) is 5.92 Å². The van der Waals surface area contributed by atoms with Gasteiger partial charge >= 0.3 is 0 Å². The predicted octanol–water partition coefficient (Wildman–Crippen LogP) is 4.64. The second-order valence-corrected chi connectivity index (χ2v) is 9.46. The van der Waals surface area contributed by atoms with Gasteiger partial charge in [-0.2, -0.15) is 0 Å². The average molecular weight is 424 g/mol. The molecule has 0 atom stereocenters. The fraction of sp³-hybridized carbons (Fsp3) is 0.391. The molecule has 0 unspecified atom stereocenters. The lowest BCUT2D eigenvalue weighted by Crippen LogP contribution is -2.21. The minimum Gasteiger partial charge on any atom is -0.386 e. The van der Waals surface area contributed by atoms with Crippen LogP contribution in [0.2, 0.25) is 0 Å². The zero-order valence-corrected chi connectivity index (χ0v) is 17.9. The summed E-state index contributed by atoms with van der Waals surface area (Å²) >= 11 is 1.62. The molecule has 2 heterocycles. The zero-order chi connectivity index (χ0) is 21.3. The van der Waals surface area contributed by atoms with E-state index in [2.05, 4.69) is 10.3 Å². The van der Waals surface area contributed by atoms with Crippen molar-refractivity contribution in [2.45, 2.75) is 51.0 Å². The lowest BCUT2D eigenvalue weighted by molar-refractivity contribution is -0.111. The third-order valence-corrected chi connectivity index (χ3v) is 6.84. The van der Waals surface area contributed by atoms with Crippen LogP contribution >= 0.6 is 11.3 Å². The molecule has 0 saturated heterocycles. The highest BCUT2D eigenvalue weighted by Crippen LogP contribution is 2.40. The summed E-state index contributed by atoms with van der Waals surface area (Å²) in [6.45, 7) is 3.39. The summed E-state index contributed by atoms with van der Waals surface area (Å²) in [6.07, 6.45) is 6.38. The Bertz CT molecular complexity index is 1060. The number of nitrogens with one attached hydrogen (secondary N) is 1. The van der Waals surface area contributed by atoms with E-state index >= 15 is 0 Å². The van der Waals surface area contributed by atoms with E-state index in [1.807, 2.05) is 12.1 Å². The molecule has 2 aromatic heterocycles. The smallest absolute Gasteiger partial charge is 0.274 e. The summed E-state index contributed by atoms with van der Waals surface area (Å²) in [4.78, 5) is 32.6. The first-order valence-corrected chi connectivity index (χ1v) is 11.0. The van der Waals surface area contributed by atoms with Gasteiger partial charge in [-0.1, -0.05) is 6.07 Å². The monoisotopic (exact) mass is 423 g/mol. The van der Waals surface area contributed by atoms with Crippen molar-refractivity contribution >= 4 is 39.4 Å². The second kappa shape index (κ2) is 8.24. The molecule has 3 aromatic rings. The van der Waals surface area contributed by atoms with E-state index in [1.54, 1.807) is 49.6 Å². The number of aromatic nitrogens is 2. The van der Waals surface area contributed by atoms with E-state index in [4.69, 9.17) is 4.98 Å². The van der Waals surface area contributed by atoms with Gasteiger partial charge in [-0.25, -0.2) is 4.98 Å². The Labute approximate surface area is 179 Å². The summed E-state index contributed by atoms with van der Waals surface area (Å²) in [7, 11) is 0. The van der Waals surface area contributed by atoms with Crippen LogP contribution < -0.4 is 5.32 Å². The van der Waals surface area contributed by atoms with E-state index in [-0.39, 0.29) is 11.8 Å². The van der Waals surface area contributed by atoms with Crippen molar-refractivity contribution in [1.82, 2.24) is 9.97 Å². The Kier molecular flexibility index (Phi) is 5.66. The van der Waals surface area contributed by atoms with Gasteiger partial charge in [-0.05, 0) is 63.8 Å². The molecule has 1 saturated carbocycles. The molecular formula is C23H25N3O3S. The molecule has 1 fully saturated rings. The van der Waals surface area contributed by atoms with Crippen LogP contribution in [0.15, 0.2) is 36.5 Å². The minimum atomic E-state index is -1.15. The highest BCUT2D eigenvalue weighted by atomic mass is 32.1. The van der Waals surface area contributed by atoms with Gasteiger partial charge in [0.1, 0.15) is 12.0 Å². The summed E-state index contributed by atoms with van der Waals surface area (Å²) in [6, 6.07) is 8.92. The molecule has 0 aliphatic heterocycles. The molecule has 156 valence electrons. The number of carbonyl (C=O) groups is 2. The second-order valence-electron chi connectivity index (χ2n) is 8.39. The molecule has 6 nitrogen and oxygen atoms in total. The van der Waals surface area contributed by atoms with Crippen LogP contribution in [0.3, 0.4) is 0 Å². The SMILES string of the molecule is CC(C)(O)c1cc2nc(C3CCC(C=O)CC3)sc2cc1NC(=O)c1ccccn1. The Morgan fingerprint density at radius 3 is 2.63 bits per heavy atom. The minimum absolute atomic E-state index is 0.172. The summed E-state index contributed by atoms with van der Waals surface area (Å²) in [5.74, 6) is 0.207. The molecule has 1 aliphatic rings. The number of amides is 1. The van der Waals surface area contributed by atoms with Gasteiger partial charge in [-0.15, -0.1) is 11.3 Å². The lowest BCUT2D eigenvalue weighted by Gasteiger charge is -2.23.